The van der Waals surface area contributed by atoms with E-state index in [1.165, 1.54) is 19.2 Å². The highest BCUT2D eigenvalue weighted by Gasteiger charge is 2.13. The molecule has 106 valence electrons. The molecule has 0 aliphatic rings. The Labute approximate surface area is 123 Å². The predicted octanol–water partition coefficient (Wildman–Crippen LogP) is 2.70. The highest BCUT2D eigenvalue weighted by atomic mass is 79.9. The molecule has 0 amide bonds. The van der Waals surface area contributed by atoms with Crippen molar-refractivity contribution in [3.8, 4) is 5.75 Å². The van der Waals surface area contributed by atoms with Crippen LogP contribution in [0.2, 0.25) is 0 Å². The quantitative estimate of drug-likeness (QED) is 0.474. The van der Waals surface area contributed by atoms with Gasteiger partial charge in [0, 0.05) is 23.9 Å². The van der Waals surface area contributed by atoms with Crippen LogP contribution >= 0.6 is 15.9 Å². The molecule has 0 aliphatic carbocycles. The van der Waals surface area contributed by atoms with Crippen molar-refractivity contribution in [3.05, 3.63) is 45.8 Å². The van der Waals surface area contributed by atoms with Gasteiger partial charge in [-0.2, -0.15) is 0 Å². The van der Waals surface area contributed by atoms with E-state index >= 15 is 0 Å². The zero-order chi connectivity index (χ0) is 14.7. The number of alkyl halides is 1. The van der Waals surface area contributed by atoms with Crippen LogP contribution in [0, 0.1) is 10.1 Å². The summed E-state index contributed by atoms with van der Waals surface area (Å²) in [6.45, 7) is 2.31. The maximum Gasteiger partial charge on any atom is 0.270 e. The van der Waals surface area contributed by atoms with Crippen LogP contribution in [0.15, 0.2) is 24.4 Å². The van der Waals surface area contributed by atoms with Gasteiger partial charge in [0.25, 0.3) is 5.69 Å². The number of hydrogen-bond donors (Lipinski definition) is 0. The first kappa shape index (κ1) is 14.4. The molecule has 20 heavy (non-hydrogen) atoms. The topological polar surface area (TPSA) is 83.1 Å². The predicted molar refractivity (Wildman–Crippen MR) is 76.1 cm³/mol. The van der Waals surface area contributed by atoms with Crippen LogP contribution in [0.5, 0.6) is 5.75 Å². The van der Waals surface area contributed by atoms with E-state index in [0.29, 0.717) is 17.9 Å². The minimum Gasteiger partial charge on any atom is -0.496 e. The lowest BCUT2D eigenvalue weighted by Crippen LogP contribution is -2.03. The lowest BCUT2D eigenvalue weighted by atomic mass is 10.1. The van der Waals surface area contributed by atoms with Crippen molar-refractivity contribution in [3.63, 3.8) is 0 Å². The average molecular weight is 341 g/mol. The van der Waals surface area contributed by atoms with E-state index < -0.39 is 4.92 Å². The Kier molecular flexibility index (Phi) is 4.33. The van der Waals surface area contributed by atoms with Crippen LogP contribution < -0.4 is 4.74 Å². The van der Waals surface area contributed by atoms with Crippen molar-refractivity contribution in [2.45, 2.75) is 18.3 Å². The summed E-state index contributed by atoms with van der Waals surface area (Å²) in [5.41, 5.74) is 1.50. The molecule has 1 atom stereocenters. The number of non-ortho nitro benzene ring substituents is 1. The first-order valence-electron chi connectivity index (χ1n) is 5.86. The maximum absolute atomic E-state index is 10.8. The fourth-order valence-corrected chi connectivity index (χ4v) is 1.96. The molecule has 0 saturated heterocycles. The van der Waals surface area contributed by atoms with Gasteiger partial charge in [-0.25, -0.2) is 4.68 Å². The van der Waals surface area contributed by atoms with E-state index in [1.54, 1.807) is 16.9 Å². The molecule has 0 saturated carbocycles. The van der Waals surface area contributed by atoms with Crippen LogP contribution in [-0.2, 0) is 6.54 Å². The molecule has 0 spiro atoms. The van der Waals surface area contributed by atoms with Gasteiger partial charge in [-0.15, -0.1) is 5.10 Å². The Morgan fingerprint density at radius 3 is 2.85 bits per heavy atom. The second-order valence-corrected chi connectivity index (χ2v) is 5.58. The van der Waals surface area contributed by atoms with Gasteiger partial charge >= 0.3 is 0 Å². The maximum atomic E-state index is 10.8. The number of rotatable bonds is 5. The molecule has 2 aromatic rings. The van der Waals surface area contributed by atoms with Crippen LogP contribution in [0.25, 0.3) is 0 Å². The second kappa shape index (κ2) is 6.00. The summed E-state index contributed by atoms with van der Waals surface area (Å²) < 4.78 is 6.83. The van der Waals surface area contributed by atoms with Gasteiger partial charge in [0.2, 0.25) is 0 Å². The number of hydrogen-bond acceptors (Lipinski definition) is 5. The molecule has 1 aromatic heterocycles. The zero-order valence-electron chi connectivity index (χ0n) is 11.0. The molecule has 1 heterocycles. The number of benzene rings is 1. The third kappa shape index (κ3) is 3.13. The van der Waals surface area contributed by atoms with Crippen LogP contribution in [0.3, 0.4) is 0 Å². The number of nitro benzene ring substituents is 1. The SMILES string of the molecule is COc1ccc([N+](=O)[O-])cc1Cn1cc(C(C)Br)nn1. The normalized spacial score (nSPS) is 12.2. The second-order valence-electron chi connectivity index (χ2n) is 4.21. The average Bonchev–Trinajstić information content (AvgIpc) is 2.87. The van der Waals surface area contributed by atoms with Crippen molar-refractivity contribution < 1.29 is 9.66 Å². The van der Waals surface area contributed by atoms with E-state index in [2.05, 4.69) is 26.2 Å². The number of halogens is 1. The van der Waals surface area contributed by atoms with Crippen molar-refractivity contribution in [1.29, 1.82) is 0 Å². The first-order valence-corrected chi connectivity index (χ1v) is 6.78. The summed E-state index contributed by atoms with van der Waals surface area (Å²) in [5, 5.41) is 18.8. The third-order valence-electron chi connectivity index (χ3n) is 2.77. The summed E-state index contributed by atoms with van der Waals surface area (Å²) >= 11 is 3.41. The Hall–Kier alpha value is -1.96. The van der Waals surface area contributed by atoms with E-state index in [1.807, 2.05) is 6.92 Å². The summed E-state index contributed by atoms with van der Waals surface area (Å²) in [5.74, 6) is 0.583. The summed E-state index contributed by atoms with van der Waals surface area (Å²) in [4.78, 5) is 10.5. The fraction of sp³-hybridized carbons (Fsp3) is 0.333. The lowest BCUT2D eigenvalue weighted by molar-refractivity contribution is -0.384. The van der Waals surface area contributed by atoms with Gasteiger partial charge in [-0.1, -0.05) is 21.1 Å². The van der Waals surface area contributed by atoms with Gasteiger partial charge in [-0.3, -0.25) is 10.1 Å². The van der Waals surface area contributed by atoms with Crippen molar-refractivity contribution in [1.82, 2.24) is 15.0 Å². The number of methoxy groups -OCH3 is 1. The first-order chi connectivity index (χ1) is 9.51. The van der Waals surface area contributed by atoms with Crippen molar-refractivity contribution in [2.24, 2.45) is 0 Å². The minimum atomic E-state index is -0.434. The Balaban J connectivity index is 2.30. The molecular weight excluding hydrogens is 328 g/mol. The minimum absolute atomic E-state index is 0.0231. The van der Waals surface area contributed by atoms with Crippen LogP contribution in [0.4, 0.5) is 5.69 Å². The number of aromatic nitrogens is 3. The Morgan fingerprint density at radius 2 is 2.30 bits per heavy atom. The zero-order valence-corrected chi connectivity index (χ0v) is 12.6. The van der Waals surface area contributed by atoms with Gasteiger partial charge in [0.15, 0.2) is 0 Å². The van der Waals surface area contributed by atoms with E-state index in [4.69, 9.17) is 4.74 Å². The lowest BCUT2D eigenvalue weighted by Gasteiger charge is -2.07. The molecule has 1 unspecified atom stereocenters. The fourth-order valence-electron chi connectivity index (χ4n) is 1.75. The van der Waals surface area contributed by atoms with Crippen LogP contribution in [0.1, 0.15) is 23.0 Å². The smallest absolute Gasteiger partial charge is 0.270 e. The molecule has 2 rings (SSSR count). The summed E-state index contributed by atoms with van der Waals surface area (Å²) in [6.07, 6.45) is 1.79. The van der Waals surface area contributed by atoms with E-state index in [9.17, 15) is 10.1 Å². The van der Waals surface area contributed by atoms with Crippen molar-refractivity contribution >= 4 is 21.6 Å². The van der Waals surface area contributed by atoms with Gasteiger partial charge in [0.05, 0.1) is 29.1 Å². The molecule has 0 radical (unpaired) electrons. The Morgan fingerprint density at radius 1 is 1.55 bits per heavy atom. The van der Waals surface area contributed by atoms with Crippen LogP contribution in [-0.4, -0.2) is 27.0 Å². The molecule has 0 aliphatic heterocycles. The van der Waals surface area contributed by atoms with E-state index in [-0.39, 0.29) is 10.5 Å². The highest BCUT2D eigenvalue weighted by molar-refractivity contribution is 9.09. The van der Waals surface area contributed by atoms with Gasteiger partial charge < -0.3 is 4.74 Å². The number of ether oxygens (including phenoxy) is 1. The largest absolute Gasteiger partial charge is 0.496 e. The molecule has 8 heteroatoms. The third-order valence-corrected chi connectivity index (χ3v) is 3.24. The molecular formula is C12H13BrN4O3. The molecule has 0 N–H and O–H groups in total. The number of nitro groups is 1. The monoisotopic (exact) mass is 340 g/mol. The molecule has 0 fully saturated rings. The molecule has 1 aromatic carbocycles. The number of nitrogens with zero attached hydrogens (tertiary/aromatic N) is 4. The van der Waals surface area contributed by atoms with Gasteiger partial charge in [-0.05, 0) is 13.0 Å². The van der Waals surface area contributed by atoms with Gasteiger partial charge in [0.1, 0.15) is 5.75 Å². The Bertz CT molecular complexity index is 627. The van der Waals surface area contributed by atoms with Crippen molar-refractivity contribution in [2.75, 3.05) is 7.11 Å². The highest BCUT2D eigenvalue weighted by Crippen LogP contribution is 2.25. The summed E-state index contributed by atoms with van der Waals surface area (Å²) in [6, 6.07) is 4.48. The standard InChI is InChI=1S/C12H13BrN4O3/c1-8(13)11-7-16(15-14-11)6-9-5-10(17(18)19)3-4-12(9)20-2/h3-5,7-8H,6H2,1-2H3. The van der Waals surface area contributed by atoms with E-state index in [0.717, 1.165) is 5.69 Å². The summed E-state index contributed by atoms with van der Waals surface area (Å²) in [7, 11) is 1.53. The molecule has 0 bridgehead atoms. The molecule has 7 nitrogen and oxygen atoms in total.